The number of halogens is 2. The molecule has 23 heavy (non-hydrogen) atoms. The molecule has 4 N–H and O–H groups in total. The lowest BCUT2D eigenvalue weighted by Gasteiger charge is -2.14. The lowest BCUT2D eigenvalue weighted by atomic mass is 10.1. The predicted octanol–water partition coefficient (Wildman–Crippen LogP) is 3.70. The highest BCUT2D eigenvalue weighted by Crippen LogP contribution is 2.33. The topological polar surface area (TPSA) is 76.4 Å². The third-order valence-corrected chi connectivity index (χ3v) is 3.92. The van der Waals surface area contributed by atoms with Gasteiger partial charge in [0.2, 0.25) is 0 Å². The van der Waals surface area contributed by atoms with Gasteiger partial charge in [-0.3, -0.25) is 4.79 Å². The third kappa shape index (κ3) is 4.51. The van der Waals surface area contributed by atoms with Crippen LogP contribution in [0, 0.1) is 0 Å². The lowest BCUT2D eigenvalue weighted by molar-refractivity contribution is 0.0938. The van der Waals surface area contributed by atoms with E-state index in [4.69, 9.17) is 33.7 Å². The number of carbonyl (C=O) groups excluding carboxylic acids is 1. The van der Waals surface area contributed by atoms with Crippen LogP contribution in [0.2, 0.25) is 10.0 Å². The molecule has 2 aromatic carbocycles. The molecule has 0 aromatic heterocycles. The molecule has 0 atom stereocenters. The first-order valence-corrected chi connectivity index (χ1v) is 7.66. The van der Waals surface area contributed by atoms with Crippen LogP contribution < -0.4 is 16.4 Å². The first kappa shape index (κ1) is 17.4. The summed E-state index contributed by atoms with van der Waals surface area (Å²) in [5.41, 5.74) is 7.88. The van der Waals surface area contributed by atoms with E-state index >= 15 is 0 Å². The van der Waals surface area contributed by atoms with Crippen molar-refractivity contribution in [1.82, 2.24) is 5.32 Å². The van der Waals surface area contributed by atoms with Gasteiger partial charge in [0, 0.05) is 19.3 Å². The molecule has 0 radical (unpaired) electrons. The minimum Gasteiger partial charge on any atom is -0.399 e. The summed E-state index contributed by atoms with van der Waals surface area (Å²) in [7, 11) is 1.57. The van der Waals surface area contributed by atoms with Gasteiger partial charge >= 0.3 is 0 Å². The van der Waals surface area contributed by atoms with Crippen LogP contribution in [0.25, 0.3) is 0 Å². The van der Waals surface area contributed by atoms with Gasteiger partial charge in [-0.1, -0.05) is 29.3 Å². The molecule has 0 unspecified atom stereocenters. The number of hydrogen-bond donors (Lipinski definition) is 3. The monoisotopic (exact) mass is 353 g/mol. The van der Waals surface area contributed by atoms with Crippen molar-refractivity contribution >= 4 is 46.2 Å². The molecule has 0 aliphatic carbocycles. The minimum absolute atomic E-state index is 0.255. The van der Waals surface area contributed by atoms with Crippen molar-refractivity contribution in [1.29, 1.82) is 0 Å². The fourth-order valence-corrected chi connectivity index (χ4v) is 2.31. The van der Waals surface area contributed by atoms with Crippen molar-refractivity contribution in [2.45, 2.75) is 0 Å². The zero-order valence-electron chi connectivity index (χ0n) is 12.5. The van der Waals surface area contributed by atoms with E-state index in [-0.39, 0.29) is 5.91 Å². The minimum atomic E-state index is -0.255. The van der Waals surface area contributed by atoms with Crippen LogP contribution >= 0.6 is 23.2 Å². The van der Waals surface area contributed by atoms with E-state index in [2.05, 4.69) is 10.6 Å². The Balaban J connectivity index is 2.28. The molecule has 0 heterocycles. The van der Waals surface area contributed by atoms with Crippen molar-refractivity contribution in [3.05, 3.63) is 52.0 Å². The number of nitrogens with two attached hydrogens (primary N) is 1. The third-order valence-electron chi connectivity index (χ3n) is 3.10. The van der Waals surface area contributed by atoms with Crippen molar-refractivity contribution in [2.75, 3.05) is 31.3 Å². The number of carbonyl (C=O) groups is 1. The van der Waals surface area contributed by atoms with Crippen LogP contribution in [-0.2, 0) is 4.74 Å². The van der Waals surface area contributed by atoms with E-state index in [0.717, 1.165) is 0 Å². The molecule has 0 fully saturated rings. The Morgan fingerprint density at radius 1 is 1.22 bits per heavy atom. The zero-order chi connectivity index (χ0) is 16.8. The summed E-state index contributed by atoms with van der Waals surface area (Å²) in [6, 6.07) is 10.3. The molecule has 2 rings (SSSR count). The molecule has 0 saturated heterocycles. The van der Waals surface area contributed by atoms with Crippen molar-refractivity contribution < 1.29 is 9.53 Å². The highest BCUT2D eigenvalue weighted by molar-refractivity contribution is 6.43. The number of hydrogen-bond acceptors (Lipinski definition) is 4. The number of nitrogens with one attached hydrogen (secondary N) is 2. The van der Waals surface area contributed by atoms with Crippen LogP contribution in [0.5, 0.6) is 0 Å². The van der Waals surface area contributed by atoms with Gasteiger partial charge < -0.3 is 21.1 Å². The molecule has 2 aromatic rings. The molecular weight excluding hydrogens is 337 g/mol. The van der Waals surface area contributed by atoms with Gasteiger partial charge in [0.1, 0.15) is 0 Å². The van der Waals surface area contributed by atoms with Crippen LogP contribution in [-0.4, -0.2) is 26.2 Å². The Kier molecular flexibility index (Phi) is 6.10. The summed E-state index contributed by atoms with van der Waals surface area (Å²) in [5, 5.41) is 6.69. The SMILES string of the molecule is COCCNC(=O)c1cc(N)ccc1Nc1cccc(Cl)c1Cl. The van der Waals surface area contributed by atoms with E-state index in [1.807, 2.05) is 0 Å². The van der Waals surface area contributed by atoms with E-state index in [1.165, 1.54) is 0 Å². The molecule has 0 saturated carbocycles. The molecule has 0 aliphatic rings. The maximum Gasteiger partial charge on any atom is 0.253 e. The first-order valence-electron chi connectivity index (χ1n) is 6.90. The van der Waals surface area contributed by atoms with Gasteiger partial charge in [0.25, 0.3) is 5.91 Å². The Bertz CT molecular complexity index is 708. The van der Waals surface area contributed by atoms with E-state index in [9.17, 15) is 4.79 Å². The molecule has 122 valence electrons. The predicted molar refractivity (Wildman–Crippen MR) is 94.8 cm³/mol. The summed E-state index contributed by atoms with van der Waals surface area (Å²) in [4.78, 5) is 12.3. The summed E-state index contributed by atoms with van der Waals surface area (Å²) in [6.45, 7) is 0.832. The van der Waals surface area contributed by atoms with Gasteiger partial charge in [-0.25, -0.2) is 0 Å². The number of ether oxygens (including phenoxy) is 1. The second-order valence-corrected chi connectivity index (χ2v) is 5.57. The second-order valence-electron chi connectivity index (χ2n) is 4.78. The van der Waals surface area contributed by atoms with Crippen LogP contribution in [0.1, 0.15) is 10.4 Å². The fraction of sp³-hybridized carbons (Fsp3) is 0.188. The number of benzene rings is 2. The number of methoxy groups -OCH3 is 1. The van der Waals surface area contributed by atoms with Crippen LogP contribution in [0.4, 0.5) is 17.1 Å². The zero-order valence-corrected chi connectivity index (χ0v) is 14.0. The quantitative estimate of drug-likeness (QED) is 0.546. The van der Waals surface area contributed by atoms with Crippen LogP contribution in [0.15, 0.2) is 36.4 Å². The first-order chi connectivity index (χ1) is 11.0. The van der Waals surface area contributed by atoms with Gasteiger partial charge in [0.05, 0.1) is 33.6 Å². The Labute approximate surface area is 144 Å². The molecular formula is C16H17Cl2N3O2. The molecule has 0 spiro atoms. The van der Waals surface area contributed by atoms with Gasteiger partial charge in [-0.2, -0.15) is 0 Å². The highest BCUT2D eigenvalue weighted by Gasteiger charge is 2.13. The van der Waals surface area contributed by atoms with Crippen molar-refractivity contribution in [2.24, 2.45) is 0 Å². The summed E-state index contributed by atoms with van der Waals surface area (Å²) in [6.07, 6.45) is 0. The average Bonchev–Trinajstić information content (AvgIpc) is 2.53. The van der Waals surface area contributed by atoms with Gasteiger partial charge in [0.15, 0.2) is 0 Å². The maximum absolute atomic E-state index is 12.3. The normalized spacial score (nSPS) is 10.4. The smallest absolute Gasteiger partial charge is 0.253 e. The highest BCUT2D eigenvalue weighted by atomic mass is 35.5. The summed E-state index contributed by atoms with van der Waals surface area (Å²) < 4.78 is 4.92. The van der Waals surface area contributed by atoms with E-state index < -0.39 is 0 Å². The Morgan fingerprint density at radius 3 is 2.74 bits per heavy atom. The molecule has 1 amide bonds. The Morgan fingerprint density at radius 2 is 2.00 bits per heavy atom. The Hall–Kier alpha value is -1.95. The maximum atomic E-state index is 12.3. The molecule has 7 heteroatoms. The average molecular weight is 354 g/mol. The molecule has 0 bridgehead atoms. The largest absolute Gasteiger partial charge is 0.399 e. The number of anilines is 3. The summed E-state index contributed by atoms with van der Waals surface area (Å²) >= 11 is 12.2. The number of amides is 1. The van der Waals surface area contributed by atoms with Crippen molar-refractivity contribution in [3.8, 4) is 0 Å². The number of nitrogen functional groups attached to an aromatic ring is 1. The molecule has 0 aliphatic heterocycles. The summed E-state index contributed by atoms with van der Waals surface area (Å²) in [5.74, 6) is -0.255. The second kappa shape index (κ2) is 8.06. The lowest BCUT2D eigenvalue weighted by Crippen LogP contribution is -2.27. The fourth-order valence-electron chi connectivity index (χ4n) is 1.97. The van der Waals surface area contributed by atoms with Gasteiger partial charge in [-0.05, 0) is 30.3 Å². The van der Waals surface area contributed by atoms with E-state index in [1.54, 1.807) is 43.5 Å². The molecule has 5 nitrogen and oxygen atoms in total. The van der Waals surface area contributed by atoms with Crippen LogP contribution in [0.3, 0.4) is 0 Å². The standard InChI is InChI=1S/C16H17Cl2N3O2/c1-23-8-7-20-16(22)11-9-10(19)5-6-13(11)21-14-4-2-3-12(17)15(14)18/h2-6,9,21H,7-8,19H2,1H3,(H,20,22). The van der Waals surface area contributed by atoms with Gasteiger partial charge in [-0.15, -0.1) is 0 Å². The number of rotatable bonds is 6. The van der Waals surface area contributed by atoms with Crippen molar-refractivity contribution in [3.63, 3.8) is 0 Å². The van der Waals surface area contributed by atoms with E-state index in [0.29, 0.717) is 45.8 Å².